The third-order valence-corrected chi connectivity index (χ3v) is 6.95. The molecular formula is C26H14Cl4N2O2. The van der Waals surface area contributed by atoms with Crippen molar-refractivity contribution >= 4 is 81.1 Å². The average Bonchev–Trinajstić information content (AvgIpc) is 2.86. The summed E-state index contributed by atoms with van der Waals surface area (Å²) in [5, 5.41) is 0.778. The van der Waals surface area contributed by atoms with Crippen LogP contribution >= 0.6 is 46.8 Å². The SMILES string of the molecule is O=C1c2ccccc2C(=O)c2c(N(Cl)c3ccccc3Cl)ccc(N(Cl)c3ccccc3Cl)c21. The Balaban J connectivity index is 1.78. The lowest BCUT2D eigenvalue weighted by Gasteiger charge is -2.28. The van der Waals surface area contributed by atoms with Gasteiger partial charge in [-0.05, 0) is 36.4 Å². The predicted molar refractivity (Wildman–Crippen MR) is 139 cm³/mol. The van der Waals surface area contributed by atoms with Crippen molar-refractivity contribution in [2.45, 2.75) is 0 Å². The molecule has 0 spiro atoms. The minimum absolute atomic E-state index is 0.133. The van der Waals surface area contributed by atoms with Crippen LogP contribution in [0.25, 0.3) is 0 Å². The fourth-order valence-electron chi connectivity index (χ4n) is 4.00. The molecular weight excluding hydrogens is 514 g/mol. The van der Waals surface area contributed by atoms with Crippen molar-refractivity contribution in [1.29, 1.82) is 0 Å². The van der Waals surface area contributed by atoms with Crippen molar-refractivity contribution in [2.24, 2.45) is 0 Å². The zero-order valence-electron chi connectivity index (χ0n) is 17.3. The summed E-state index contributed by atoms with van der Waals surface area (Å²) in [7, 11) is 0. The van der Waals surface area contributed by atoms with Gasteiger partial charge in [-0.3, -0.25) is 18.4 Å². The fraction of sp³-hybridized carbons (Fsp3) is 0. The summed E-state index contributed by atoms with van der Waals surface area (Å²) in [5.74, 6) is -0.687. The maximum absolute atomic E-state index is 13.7. The third-order valence-electron chi connectivity index (χ3n) is 5.58. The van der Waals surface area contributed by atoms with E-state index < -0.39 is 0 Å². The molecule has 0 bridgehead atoms. The number of rotatable bonds is 4. The standard InChI is InChI=1S/C26H14Cl4N2O2/c27-17-9-3-5-11-19(17)31(29)21-13-14-22(32(30)20-12-6-4-10-18(20)28)24-23(21)25(33)15-7-1-2-8-16(15)26(24)34/h1-14H. The second kappa shape index (κ2) is 8.97. The number of anilines is 4. The summed E-state index contributed by atoms with van der Waals surface area (Å²) in [4.78, 5) is 27.4. The van der Waals surface area contributed by atoms with Crippen molar-refractivity contribution in [3.8, 4) is 0 Å². The number of hydrogen-bond donors (Lipinski definition) is 0. The number of nitrogens with zero attached hydrogens (tertiary/aromatic N) is 2. The highest BCUT2D eigenvalue weighted by atomic mass is 35.5. The molecule has 1 aliphatic rings. The van der Waals surface area contributed by atoms with E-state index in [1.807, 2.05) is 0 Å². The first kappa shape index (κ1) is 22.8. The highest BCUT2D eigenvalue weighted by Gasteiger charge is 2.36. The summed E-state index contributed by atoms with van der Waals surface area (Å²) < 4.78 is 2.55. The van der Waals surface area contributed by atoms with Gasteiger partial charge in [-0.25, -0.2) is 0 Å². The Bertz CT molecular complexity index is 1360. The largest absolute Gasteiger partial charge is 0.288 e. The van der Waals surface area contributed by atoms with Gasteiger partial charge in [0.25, 0.3) is 0 Å². The zero-order valence-corrected chi connectivity index (χ0v) is 20.3. The highest BCUT2D eigenvalue weighted by molar-refractivity contribution is 6.41. The lowest BCUT2D eigenvalue weighted by molar-refractivity contribution is 0.0980. The number of ketones is 2. The molecule has 4 nitrogen and oxygen atoms in total. The molecule has 1 aliphatic carbocycles. The number of fused-ring (bicyclic) bond motifs is 2. The number of carbonyl (C=O) groups excluding carboxylic acids is 2. The Hall–Kier alpha value is -3.02. The minimum Gasteiger partial charge on any atom is -0.288 e. The van der Waals surface area contributed by atoms with Gasteiger partial charge in [0.05, 0.1) is 43.9 Å². The van der Waals surface area contributed by atoms with Gasteiger partial charge in [0.2, 0.25) is 0 Å². The van der Waals surface area contributed by atoms with E-state index in [-0.39, 0.29) is 22.7 Å². The summed E-state index contributed by atoms with van der Waals surface area (Å²) in [5.41, 5.74) is 2.41. The molecule has 0 amide bonds. The van der Waals surface area contributed by atoms with E-state index in [2.05, 4.69) is 0 Å². The van der Waals surface area contributed by atoms with E-state index in [1.54, 1.807) is 84.9 Å². The first-order valence-corrected chi connectivity index (χ1v) is 11.6. The molecule has 4 aromatic rings. The molecule has 34 heavy (non-hydrogen) atoms. The van der Waals surface area contributed by atoms with Crippen molar-refractivity contribution in [1.82, 2.24) is 0 Å². The monoisotopic (exact) mass is 526 g/mol. The quantitative estimate of drug-likeness (QED) is 0.220. The number of hydrogen-bond acceptors (Lipinski definition) is 4. The second-order valence-electron chi connectivity index (χ2n) is 7.52. The van der Waals surface area contributed by atoms with Crippen LogP contribution < -0.4 is 8.84 Å². The van der Waals surface area contributed by atoms with Gasteiger partial charge in [-0.15, -0.1) is 0 Å². The molecule has 0 heterocycles. The van der Waals surface area contributed by atoms with Crippen molar-refractivity contribution in [2.75, 3.05) is 8.84 Å². The van der Waals surface area contributed by atoms with Gasteiger partial charge in [-0.2, -0.15) is 0 Å². The Kier molecular flexibility index (Phi) is 6.00. The van der Waals surface area contributed by atoms with Crippen LogP contribution in [0.5, 0.6) is 0 Å². The summed E-state index contributed by atoms with van der Waals surface area (Å²) in [6, 6.07) is 23.8. The number of para-hydroxylation sites is 2. The molecule has 0 atom stereocenters. The average molecular weight is 528 g/mol. The molecule has 0 unspecified atom stereocenters. The van der Waals surface area contributed by atoms with Gasteiger partial charge in [0, 0.05) is 34.7 Å². The summed E-state index contributed by atoms with van der Waals surface area (Å²) >= 11 is 26.1. The Morgan fingerprint density at radius 3 is 1.21 bits per heavy atom. The molecule has 0 saturated heterocycles. The number of carbonyl (C=O) groups is 2. The third kappa shape index (κ3) is 3.64. The summed E-state index contributed by atoms with van der Waals surface area (Å²) in [6.07, 6.45) is 0. The van der Waals surface area contributed by atoms with E-state index >= 15 is 0 Å². The molecule has 0 N–H and O–H groups in total. The van der Waals surface area contributed by atoms with Crippen LogP contribution in [0.1, 0.15) is 31.8 Å². The van der Waals surface area contributed by atoms with E-state index in [0.29, 0.717) is 43.9 Å². The lowest BCUT2D eigenvalue weighted by Crippen LogP contribution is -2.25. The smallest absolute Gasteiger partial charge is 0.196 e. The van der Waals surface area contributed by atoms with Crippen LogP contribution in [0.15, 0.2) is 84.9 Å². The number of benzene rings is 4. The minimum atomic E-state index is -0.344. The van der Waals surface area contributed by atoms with Crippen LogP contribution in [0.4, 0.5) is 22.7 Å². The second-order valence-corrected chi connectivity index (χ2v) is 9.01. The van der Waals surface area contributed by atoms with Crippen LogP contribution in [0, 0.1) is 0 Å². The lowest BCUT2D eigenvalue weighted by atomic mass is 9.82. The van der Waals surface area contributed by atoms with E-state index in [9.17, 15) is 9.59 Å². The van der Waals surface area contributed by atoms with Crippen LogP contribution in [0.2, 0.25) is 10.0 Å². The zero-order chi connectivity index (χ0) is 24.0. The van der Waals surface area contributed by atoms with Crippen LogP contribution in [-0.4, -0.2) is 11.6 Å². The first-order chi connectivity index (χ1) is 16.4. The molecule has 0 fully saturated rings. The van der Waals surface area contributed by atoms with Gasteiger partial charge >= 0.3 is 0 Å². The Labute approximate surface area is 216 Å². The van der Waals surface area contributed by atoms with E-state index in [0.717, 1.165) is 0 Å². The maximum Gasteiger partial charge on any atom is 0.196 e. The molecule has 0 saturated carbocycles. The molecule has 0 radical (unpaired) electrons. The van der Waals surface area contributed by atoms with Crippen molar-refractivity contribution in [3.63, 3.8) is 0 Å². The highest BCUT2D eigenvalue weighted by Crippen LogP contribution is 2.45. The molecule has 4 aromatic carbocycles. The molecule has 8 heteroatoms. The van der Waals surface area contributed by atoms with E-state index in [4.69, 9.17) is 46.8 Å². The Morgan fingerprint density at radius 1 is 0.471 bits per heavy atom. The van der Waals surface area contributed by atoms with Crippen molar-refractivity contribution < 1.29 is 9.59 Å². The van der Waals surface area contributed by atoms with Gasteiger partial charge in [-0.1, -0.05) is 71.7 Å². The molecule has 168 valence electrons. The Morgan fingerprint density at radius 2 is 0.824 bits per heavy atom. The van der Waals surface area contributed by atoms with Gasteiger partial charge in [0.1, 0.15) is 0 Å². The molecule has 0 aliphatic heterocycles. The van der Waals surface area contributed by atoms with E-state index in [1.165, 1.54) is 8.84 Å². The molecule has 0 aromatic heterocycles. The first-order valence-electron chi connectivity index (χ1n) is 10.2. The summed E-state index contributed by atoms with van der Waals surface area (Å²) in [6.45, 7) is 0. The van der Waals surface area contributed by atoms with Crippen LogP contribution in [-0.2, 0) is 0 Å². The normalized spacial score (nSPS) is 12.2. The van der Waals surface area contributed by atoms with Crippen LogP contribution in [0.3, 0.4) is 0 Å². The van der Waals surface area contributed by atoms with Gasteiger partial charge in [0.15, 0.2) is 11.6 Å². The maximum atomic E-state index is 13.7. The van der Waals surface area contributed by atoms with Gasteiger partial charge < -0.3 is 0 Å². The topological polar surface area (TPSA) is 40.6 Å². The number of halogens is 4. The predicted octanol–water partition coefficient (Wildman–Crippen LogP) is 8.35. The molecule has 5 rings (SSSR count). The van der Waals surface area contributed by atoms with Crippen molar-refractivity contribution in [3.05, 3.63) is 117 Å². The fourth-order valence-corrected chi connectivity index (χ4v) is 5.10.